The first-order valence-corrected chi connectivity index (χ1v) is 16.3. The van der Waals surface area contributed by atoms with Crippen molar-refractivity contribution in [3.8, 4) is 10.8 Å². The lowest BCUT2D eigenvalue weighted by molar-refractivity contribution is -0.156. The van der Waals surface area contributed by atoms with E-state index in [4.69, 9.17) is 30.8 Å². The van der Waals surface area contributed by atoms with Crippen molar-refractivity contribution >= 4 is 46.2 Å². The minimum atomic E-state index is -0.566. The van der Waals surface area contributed by atoms with Crippen LogP contribution < -0.4 is 10.1 Å². The van der Waals surface area contributed by atoms with Crippen molar-refractivity contribution in [2.75, 3.05) is 25.1 Å². The molecule has 4 aromatic rings. The molecule has 242 valence electrons. The SMILES string of the molecule is Cc1sc2c(c1C)C(c1ccc(Cl)cc1)=N[C@@H](CC(=O)Nc1ccc(OCCOCCC(=O)OC(C)(C)C)cc1)c1nnc(C)n1-2. The molecule has 1 aliphatic rings. The van der Waals surface area contributed by atoms with Crippen molar-refractivity contribution in [3.05, 3.63) is 86.8 Å². The third-order valence-electron chi connectivity index (χ3n) is 7.24. The first-order chi connectivity index (χ1) is 21.9. The van der Waals surface area contributed by atoms with Crippen LogP contribution >= 0.6 is 22.9 Å². The highest BCUT2D eigenvalue weighted by molar-refractivity contribution is 7.15. The number of nitrogens with zero attached hydrogens (tertiary/aromatic N) is 4. The highest BCUT2D eigenvalue weighted by Crippen LogP contribution is 2.39. The number of ether oxygens (including phenoxy) is 3. The fourth-order valence-corrected chi connectivity index (χ4v) is 6.36. The average molecular weight is 664 g/mol. The van der Waals surface area contributed by atoms with E-state index in [0.29, 0.717) is 35.5 Å². The van der Waals surface area contributed by atoms with Gasteiger partial charge in [0.2, 0.25) is 5.91 Å². The molecule has 5 rings (SSSR count). The monoisotopic (exact) mass is 663 g/mol. The number of hydrogen-bond acceptors (Lipinski definition) is 9. The minimum absolute atomic E-state index is 0.0705. The van der Waals surface area contributed by atoms with Crippen LogP contribution in [0.2, 0.25) is 5.02 Å². The number of aliphatic imine (C=N–C) groups is 1. The van der Waals surface area contributed by atoms with Gasteiger partial charge in [-0.2, -0.15) is 0 Å². The van der Waals surface area contributed by atoms with Gasteiger partial charge >= 0.3 is 5.97 Å². The van der Waals surface area contributed by atoms with E-state index in [2.05, 4.69) is 29.4 Å². The number of halogens is 1. The second-order valence-corrected chi connectivity index (χ2v) is 13.6. The molecular weight excluding hydrogens is 626 g/mol. The van der Waals surface area contributed by atoms with Gasteiger partial charge in [-0.15, -0.1) is 21.5 Å². The number of benzene rings is 2. The molecule has 0 radical (unpaired) electrons. The largest absolute Gasteiger partial charge is 0.491 e. The van der Waals surface area contributed by atoms with Crippen molar-refractivity contribution in [1.82, 2.24) is 14.8 Å². The van der Waals surface area contributed by atoms with Crippen LogP contribution in [0.3, 0.4) is 0 Å². The Morgan fingerprint density at radius 3 is 2.39 bits per heavy atom. The summed E-state index contributed by atoms with van der Waals surface area (Å²) in [5.41, 5.74) is 3.98. The highest BCUT2D eigenvalue weighted by atomic mass is 35.5. The maximum absolute atomic E-state index is 13.4. The maximum Gasteiger partial charge on any atom is 0.308 e. The lowest BCUT2D eigenvalue weighted by atomic mass is 9.99. The third-order valence-corrected chi connectivity index (χ3v) is 8.69. The van der Waals surface area contributed by atoms with Crippen LogP contribution in [0.4, 0.5) is 5.69 Å². The second-order valence-electron chi connectivity index (χ2n) is 12.0. The van der Waals surface area contributed by atoms with Crippen molar-refractivity contribution in [2.45, 2.75) is 66.0 Å². The molecule has 0 unspecified atom stereocenters. The Morgan fingerprint density at radius 1 is 0.978 bits per heavy atom. The summed E-state index contributed by atoms with van der Waals surface area (Å²) in [5.74, 6) is 1.49. The number of aryl methyl sites for hydroxylation is 2. The molecule has 1 atom stereocenters. The van der Waals surface area contributed by atoms with E-state index in [0.717, 1.165) is 33.2 Å². The van der Waals surface area contributed by atoms with Crippen LogP contribution in [0.1, 0.15) is 72.9 Å². The van der Waals surface area contributed by atoms with E-state index in [-0.39, 0.29) is 31.3 Å². The standard InChI is InChI=1S/C34H38ClN5O5S/c1-20-21(2)46-33-30(20)31(23-7-9-24(35)10-8-23)37-27(32-39-38-22(3)40(32)33)19-28(41)36-25-11-13-26(14-12-25)44-18-17-43-16-15-29(42)45-34(4,5)6/h7-14,27H,15-19H2,1-6H3,(H,36,41)/t27-/m0/s1. The van der Waals surface area contributed by atoms with Gasteiger partial charge in [-0.3, -0.25) is 19.1 Å². The van der Waals surface area contributed by atoms with Crippen molar-refractivity contribution in [1.29, 1.82) is 0 Å². The molecule has 1 N–H and O–H groups in total. The van der Waals surface area contributed by atoms with Gasteiger partial charge in [-0.05, 0) is 83.5 Å². The van der Waals surface area contributed by atoms with Gasteiger partial charge in [0.05, 0.1) is 31.8 Å². The van der Waals surface area contributed by atoms with Gasteiger partial charge in [0.25, 0.3) is 0 Å². The predicted octanol–water partition coefficient (Wildman–Crippen LogP) is 6.96. The number of carbonyl (C=O) groups excluding carboxylic acids is 2. The summed E-state index contributed by atoms with van der Waals surface area (Å²) in [6.07, 6.45) is 0.257. The molecule has 2 aromatic carbocycles. The molecule has 46 heavy (non-hydrogen) atoms. The number of carbonyl (C=O) groups is 2. The number of aromatic nitrogens is 3. The molecule has 1 aliphatic heterocycles. The van der Waals surface area contributed by atoms with E-state index in [1.807, 2.05) is 56.5 Å². The lowest BCUT2D eigenvalue weighted by Gasteiger charge is -2.19. The molecule has 0 bridgehead atoms. The molecule has 0 aliphatic carbocycles. The molecular formula is C34H38ClN5O5S. The van der Waals surface area contributed by atoms with E-state index in [1.54, 1.807) is 35.6 Å². The van der Waals surface area contributed by atoms with Gasteiger partial charge in [0.1, 0.15) is 34.8 Å². The van der Waals surface area contributed by atoms with Gasteiger partial charge in [0.15, 0.2) is 5.82 Å². The highest BCUT2D eigenvalue weighted by Gasteiger charge is 2.32. The zero-order valence-corrected chi connectivity index (χ0v) is 28.4. The number of thiophene rings is 1. The third kappa shape index (κ3) is 8.01. The summed E-state index contributed by atoms with van der Waals surface area (Å²) in [6, 6.07) is 14.1. The molecule has 0 fully saturated rings. The maximum atomic E-state index is 13.4. The van der Waals surface area contributed by atoms with Gasteiger partial charge in [-0.25, -0.2) is 0 Å². The smallest absolute Gasteiger partial charge is 0.308 e. The molecule has 3 heterocycles. The molecule has 10 nitrogen and oxygen atoms in total. The topological polar surface area (TPSA) is 117 Å². The van der Waals surface area contributed by atoms with Crippen LogP contribution in [-0.2, 0) is 19.1 Å². The van der Waals surface area contributed by atoms with Crippen LogP contribution in [0.15, 0.2) is 53.5 Å². The fraction of sp³-hybridized carbons (Fsp3) is 0.382. The quantitative estimate of drug-likeness (QED) is 0.136. The van der Waals surface area contributed by atoms with Crippen LogP contribution in [0, 0.1) is 20.8 Å². The molecule has 0 spiro atoms. The summed E-state index contributed by atoms with van der Waals surface area (Å²) >= 11 is 7.87. The van der Waals surface area contributed by atoms with E-state index < -0.39 is 11.6 Å². The Balaban J connectivity index is 1.23. The lowest BCUT2D eigenvalue weighted by Crippen LogP contribution is -2.24. The zero-order chi connectivity index (χ0) is 33.0. The molecule has 1 amide bonds. The Hall–Kier alpha value is -4.06. The molecule has 2 aromatic heterocycles. The Morgan fingerprint density at radius 2 is 1.70 bits per heavy atom. The molecule has 0 saturated carbocycles. The van der Waals surface area contributed by atoms with E-state index >= 15 is 0 Å². The summed E-state index contributed by atoms with van der Waals surface area (Å²) in [5, 5.41) is 13.4. The van der Waals surface area contributed by atoms with E-state index in [9.17, 15) is 9.59 Å². The Labute approximate surface area is 277 Å². The summed E-state index contributed by atoms with van der Waals surface area (Å²) < 4.78 is 18.5. The number of anilines is 1. The number of hydrogen-bond donors (Lipinski definition) is 1. The predicted molar refractivity (Wildman–Crippen MR) is 180 cm³/mol. The van der Waals surface area contributed by atoms with Gasteiger partial charge in [0, 0.05) is 26.7 Å². The first kappa shape index (κ1) is 33.3. The van der Waals surface area contributed by atoms with Crippen LogP contribution in [0.25, 0.3) is 5.00 Å². The van der Waals surface area contributed by atoms with Gasteiger partial charge in [-0.1, -0.05) is 23.7 Å². The number of rotatable bonds is 11. The van der Waals surface area contributed by atoms with Crippen molar-refractivity contribution in [2.24, 2.45) is 4.99 Å². The number of esters is 1. The average Bonchev–Trinajstić information content (AvgIpc) is 3.47. The Bertz CT molecular complexity index is 1740. The molecule has 0 saturated heterocycles. The number of amides is 1. The summed E-state index contributed by atoms with van der Waals surface area (Å²) in [6.45, 7) is 12.5. The fourth-order valence-electron chi connectivity index (χ4n) is 5.02. The minimum Gasteiger partial charge on any atom is -0.491 e. The summed E-state index contributed by atoms with van der Waals surface area (Å²) in [7, 11) is 0. The van der Waals surface area contributed by atoms with Gasteiger partial charge < -0.3 is 19.5 Å². The van der Waals surface area contributed by atoms with Crippen LogP contribution in [0.5, 0.6) is 5.75 Å². The Kier molecular flexibility index (Phi) is 10.2. The first-order valence-electron chi connectivity index (χ1n) is 15.1. The van der Waals surface area contributed by atoms with Crippen molar-refractivity contribution < 1.29 is 23.8 Å². The van der Waals surface area contributed by atoms with E-state index in [1.165, 1.54) is 4.88 Å². The number of nitrogens with one attached hydrogen (secondary N) is 1. The normalized spacial score (nSPS) is 14.2. The van der Waals surface area contributed by atoms with Crippen LogP contribution in [-0.4, -0.2) is 57.8 Å². The van der Waals surface area contributed by atoms with Crippen molar-refractivity contribution in [3.63, 3.8) is 0 Å². The zero-order valence-electron chi connectivity index (χ0n) is 26.8. The number of fused-ring (bicyclic) bond motifs is 3. The summed E-state index contributed by atoms with van der Waals surface area (Å²) in [4.78, 5) is 31.5. The molecule has 12 heteroatoms. The second kappa shape index (κ2) is 14.1.